The zero-order valence-corrected chi connectivity index (χ0v) is 26.2. The minimum Gasteiger partial charge on any atom is -0.465 e. The van der Waals surface area contributed by atoms with Gasteiger partial charge in [-0.1, -0.05) is 27.7 Å². The highest BCUT2D eigenvalue weighted by Gasteiger charge is 2.73. The van der Waals surface area contributed by atoms with Crippen LogP contribution in [0.2, 0.25) is 0 Å². The van der Waals surface area contributed by atoms with Crippen molar-refractivity contribution in [2.45, 2.75) is 104 Å². The molecule has 9 atom stereocenters. The van der Waals surface area contributed by atoms with Gasteiger partial charge >= 0.3 is 29.8 Å². The van der Waals surface area contributed by atoms with Crippen LogP contribution in [0.3, 0.4) is 0 Å². The summed E-state index contributed by atoms with van der Waals surface area (Å²) in [5, 5.41) is 23.9. The SMILES string of the molecule is CC[C@H](C)C(=O)O[C@@H]1CC[C@](O)(COC(C)=O)[C@]2(COC(C)=O)[C@@H](OC(C)=O)C[C@@H](C)[C@](C)(C[C@H](O)C3=CC(=O)OC3)[C@@H]12. The van der Waals surface area contributed by atoms with Crippen LogP contribution in [-0.4, -0.2) is 83.8 Å². The van der Waals surface area contributed by atoms with E-state index in [0.717, 1.165) is 0 Å². The first kappa shape index (κ1) is 34.5. The van der Waals surface area contributed by atoms with E-state index < -0.39 is 89.6 Å². The molecule has 0 aromatic rings. The zero-order valence-electron chi connectivity index (χ0n) is 26.2. The normalized spacial score (nSPS) is 35.0. The van der Waals surface area contributed by atoms with E-state index in [-0.39, 0.29) is 38.2 Å². The van der Waals surface area contributed by atoms with Gasteiger partial charge in [0, 0.05) is 38.3 Å². The lowest BCUT2D eigenvalue weighted by Gasteiger charge is -2.67. The van der Waals surface area contributed by atoms with Crippen LogP contribution in [0.1, 0.15) is 80.6 Å². The highest BCUT2D eigenvalue weighted by atomic mass is 16.6. The summed E-state index contributed by atoms with van der Waals surface area (Å²) in [6.07, 6.45) is -0.912. The number of ether oxygens (including phenoxy) is 5. The molecule has 12 heteroatoms. The zero-order chi connectivity index (χ0) is 32.3. The molecule has 0 aromatic heterocycles. The summed E-state index contributed by atoms with van der Waals surface area (Å²) in [6, 6.07) is 0. The number of hydrogen-bond donors (Lipinski definition) is 2. The molecular weight excluding hydrogens is 564 g/mol. The van der Waals surface area contributed by atoms with Gasteiger partial charge in [-0.15, -0.1) is 0 Å². The predicted octanol–water partition coefficient (Wildman–Crippen LogP) is 2.41. The maximum atomic E-state index is 13.2. The lowest BCUT2D eigenvalue weighted by molar-refractivity contribution is -0.306. The Kier molecular flexibility index (Phi) is 10.7. The van der Waals surface area contributed by atoms with E-state index in [4.69, 9.17) is 23.7 Å². The Morgan fingerprint density at radius 3 is 2.23 bits per heavy atom. The Bertz CT molecular complexity index is 1130. The predicted molar refractivity (Wildman–Crippen MR) is 150 cm³/mol. The van der Waals surface area contributed by atoms with E-state index in [1.807, 2.05) is 20.8 Å². The molecule has 0 spiro atoms. The largest absolute Gasteiger partial charge is 0.465 e. The summed E-state index contributed by atoms with van der Waals surface area (Å²) in [5.74, 6) is -4.58. The van der Waals surface area contributed by atoms with Crippen molar-refractivity contribution < 1.29 is 57.9 Å². The maximum Gasteiger partial charge on any atom is 0.331 e. The fourth-order valence-electron chi connectivity index (χ4n) is 7.36. The molecule has 1 heterocycles. The third-order valence-electron chi connectivity index (χ3n) is 9.98. The average Bonchev–Trinajstić information content (AvgIpc) is 3.36. The molecule has 2 N–H and O–H groups in total. The molecule has 43 heavy (non-hydrogen) atoms. The van der Waals surface area contributed by atoms with Gasteiger partial charge in [0.25, 0.3) is 0 Å². The van der Waals surface area contributed by atoms with E-state index >= 15 is 0 Å². The number of hydrogen-bond acceptors (Lipinski definition) is 12. The molecule has 0 amide bonds. The Balaban J connectivity index is 2.29. The van der Waals surface area contributed by atoms with Gasteiger partial charge in [0.1, 0.15) is 37.6 Å². The number of cyclic esters (lactones) is 1. The van der Waals surface area contributed by atoms with Crippen molar-refractivity contribution in [3.05, 3.63) is 11.6 Å². The number of aliphatic hydroxyl groups is 2. The van der Waals surface area contributed by atoms with Gasteiger partial charge in [0.15, 0.2) is 0 Å². The Morgan fingerprint density at radius 2 is 1.70 bits per heavy atom. The number of rotatable bonds is 11. The van der Waals surface area contributed by atoms with Crippen LogP contribution in [0.5, 0.6) is 0 Å². The first-order chi connectivity index (χ1) is 20.0. The Morgan fingerprint density at radius 1 is 1.07 bits per heavy atom. The molecule has 0 saturated heterocycles. The Hall–Kier alpha value is -2.99. The third-order valence-corrected chi connectivity index (χ3v) is 9.98. The summed E-state index contributed by atoms with van der Waals surface area (Å²) in [7, 11) is 0. The van der Waals surface area contributed by atoms with Crippen molar-refractivity contribution in [2.24, 2.45) is 28.6 Å². The van der Waals surface area contributed by atoms with Gasteiger partial charge in [-0.3, -0.25) is 19.2 Å². The van der Waals surface area contributed by atoms with Crippen molar-refractivity contribution in [1.29, 1.82) is 0 Å². The molecule has 2 saturated carbocycles. The number of aliphatic hydroxyl groups excluding tert-OH is 1. The lowest BCUT2D eigenvalue weighted by Crippen LogP contribution is -2.75. The minimum absolute atomic E-state index is 0.0330. The summed E-state index contributed by atoms with van der Waals surface area (Å²) in [5.41, 5.74) is -4.11. The summed E-state index contributed by atoms with van der Waals surface area (Å²) < 4.78 is 28.1. The molecule has 0 bridgehead atoms. The molecule has 2 fully saturated rings. The monoisotopic (exact) mass is 610 g/mol. The van der Waals surface area contributed by atoms with Crippen LogP contribution in [0.25, 0.3) is 0 Å². The molecule has 0 aromatic carbocycles. The van der Waals surface area contributed by atoms with Gasteiger partial charge < -0.3 is 33.9 Å². The van der Waals surface area contributed by atoms with Gasteiger partial charge in [0.05, 0.1) is 17.4 Å². The highest BCUT2D eigenvalue weighted by Crippen LogP contribution is 2.66. The molecule has 242 valence electrons. The Labute approximate surface area is 252 Å². The van der Waals surface area contributed by atoms with Crippen LogP contribution < -0.4 is 0 Å². The molecule has 3 rings (SSSR count). The van der Waals surface area contributed by atoms with E-state index in [0.29, 0.717) is 12.0 Å². The lowest BCUT2D eigenvalue weighted by atomic mass is 9.41. The van der Waals surface area contributed by atoms with E-state index in [9.17, 15) is 34.2 Å². The van der Waals surface area contributed by atoms with Crippen LogP contribution in [0, 0.1) is 28.6 Å². The minimum atomic E-state index is -1.89. The van der Waals surface area contributed by atoms with E-state index in [1.165, 1.54) is 26.8 Å². The van der Waals surface area contributed by atoms with Crippen molar-refractivity contribution in [2.75, 3.05) is 19.8 Å². The molecule has 2 aliphatic carbocycles. The van der Waals surface area contributed by atoms with E-state index in [2.05, 4.69) is 0 Å². The standard InChI is InChI=1S/C31H46O12/c1-8-17(2)28(37)43-24-9-10-30(38,15-40-19(4)32)31(16-41-20(5)33)25(42-21(6)34)11-18(3)29(7,27(24)31)13-23(35)22-12-26(36)39-14-22/h12,17-18,23-25,27,35,38H,8-11,13-16H2,1-7H3/t17-,18+,23-,24+,25-,27+,29-,30-,31+/m0/s1. The van der Waals surface area contributed by atoms with Crippen molar-refractivity contribution in [1.82, 2.24) is 0 Å². The van der Waals surface area contributed by atoms with Gasteiger partial charge in [-0.2, -0.15) is 0 Å². The smallest absolute Gasteiger partial charge is 0.331 e. The van der Waals surface area contributed by atoms with Crippen molar-refractivity contribution >= 4 is 29.8 Å². The molecule has 1 aliphatic heterocycles. The summed E-state index contributed by atoms with van der Waals surface area (Å²) in [4.78, 5) is 61.8. The fraction of sp³-hybridized carbons (Fsp3) is 0.774. The van der Waals surface area contributed by atoms with Crippen LogP contribution in [0.15, 0.2) is 11.6 Å². The van der Waals surface area contributed by atoms with Gasteiger partial charge in [-0.25, -0.2) is 4.79 Å². The van der Waals surface area contributed by atoms with Gasteiger partial charge in [-0.05, 0) is 43.4 Å². The first-order valence-corrected chi connectivity index (χ1v) is 14.9. The van der Waals surface area contributed by atoms with Crippen molar-refractivity contribution in [3.63, 3.8) is 0 Å². The number of fused-ring (bicyclic) bond motifs is 1. The van der Waals surface area contributed by atoms with Crippen LogP contribution in [0.4, 0.5) is 0 Å². The van der Waals surface area contributed by atoms with Crippen LogP contribution in [-0.2, 0) is 47.7 Å². The molecule has 3 aliphatic rings. The second-order valence-electron chi connectivity index (χ2n) is 12.7. The fourth-order valence-corrected chi connectivity index (χ4v) is 7.36. The summed E-state index contributed by atoms with van der Waals surface area (Å²) >= 11 is 0. The first-order valence-electron chi connectivity index (χ1n) is 14.9. The van der Waals surface area contributed by atoms with Crippen molar-refractivity contribution in [3.8, 4) is 0 Å². The van der Waals surface area contributed by atoms with Gasteiger partial charge in [0.2, 0.25) is 0 Å². The molecule has 0 unspecified atom stereocenters. The number of carbonyl (C=O) groups is 5. The second-order valence-corrected chi connectivity index (χ2v) is 12.7. The molecule has 0 radical (unpaired) electrons. The topological polar surface area (TPSA) is 172 Å². The molecule has 12 nitrogen and oxygen atoms in total. The van der Waals surface area contributed by atoms with Crippen LogP contribution >= 0.6 is 0 Å². The maximum absolute atomic E-state index is 13.2. The molecular formula is C31H46O12. The highest BCUT2D eigenvalue weighted by molar-refractivity contribution is 5.85. The second kappa shape index (κ2) is 13.3. The third kappa shape index (κ3) is 6.90. The number of carbonyl (C=O) groups excluding carboxylic acids is 5. The quantitative estimate of drug-likeness (QED) is 0.259. The summed E-state index contributed by atoms with van der Waals surface area (Å²) in [6.45, 7) is 10.0. The number of esters is 5. The average molecular weight is 611 g/mol. The van der Waals surface area contributed by atoms with E-state index in [1.54, 1.807) is 6.92 Å².